The van der Waals surface area contributed by atoms with Gasteiger partial charge in [0.25, 0.3) is 0 Å². The van der Waals surface area contributed by atoms with E-state index in [-0.39, 0.29) is 6.03 Å². The third-order valence-corrected chi connectivity index (χ3v) is 4.42. The average Bonchev–Trinajstić information content (AvgIpc) is 2.20. The topological polar surface area (TPSA) is 32.3 Å². The molecule has 0 saturated carbocycles. The van der Waals surface area contributed by atoms with Gasteiger partial charge < -0.3 is 10.2 Å². The summed E-state index contributed by atoms with van der Waals surface area (Å²) in [5, 5.41) is 3.70. The van der Waals surface area contributed by atoms with Crippen LogP contribution in [0.25, 0.3) is 0 Å². The summed E-state index contributed by atoms with van der Waals surface area (Å²) in [6.45, 7) is 4.08. The number of carbonyl (C=O) groups is 1. The van der Waals surface area contributed by atoms with Crippen molar-refractivity contribution in [2.24, 2.45) is 0 Å². The molecule has 0 aromatic rings. The lowest BCUT2D eigenvalue weighted by molar-refractivity contribution is 0.162. The van der Waals surface area contributed by atoms with E-state index in [0.29, 0.717) is 6.04 Å². The molecular weight excluding hydrogens is 196 g/mol. The van der Waals surface area contributed by atoms with Gasteiger partial charge in [0.05, 0.1) is 0 Å². The first-order chi connectivity index (χ1) is 6.77. The Hall–Kier alpha value is -0.380. The van der Waals surface area contributed by atoms with Crippen LogP contribution in [0.15, 0.2) is 0 Å². The van der Waals surface area contributed by atoms with Gasteiger partial charge in [0.2, 0.25) is 0 Å². The van der Waals surface area contributed by atoms with Crippen molar-refractivity contribution in [3.8, 4) is 0 Å². The fourth-order valence-corrected chi connectivity index (χ4v) is 3.31. The minimum atomic E-state index is 0.149. The molecule has 2 aliphatic heterocycles. The van der Waals surface area contributed by atoms with Gasteiger partial charge in [0.1, 0.15) is 0 Å². The SMILES string of the molecule is CC1CCC(N2CCCNC2=O)CS1. The quantitative estimate of drug-likeness (QED) is 0.720. The van der Waals surface area contributed by atoms with E-state index < -0.39 is 0 Å². The Kier molecular flexibility index (Phi) is 3.21. The molecule has 0 aliphatic carbocycles. The lowest BCUT2D eigenvalue weighted by Gasteiger charge is -2.38. The Morgan fingerprint density at radius 2 is 2.36 bits per heavy atom. The summed E-state index contributed by atoms with van der Waals surface area (Å²) in [6.07, 6.45) is 3.53. The van der Waals surface area contributed by atoms with E-state index in [1.165, 1.54) is 12.8 Å². The van der Waals surface area contributed by atoms with Gasteiger partial charge >= 0.3 is 6.03 Å². The fraction of sp³-hybridized carbons (Fsp3) is 0.900. The third kappa shape index (κ3) is 2.16. The number of rotatable bonds is 1. The first kappa shape index (κ1) is 10.1. The van der Waals surface area contributed by atoms with Crippen molar-refractivity contribution >= 4 is 17.8 Å². The molecule has 0 aromatic carbocycles. The highest BCUT2D eigenvalue weighted by molar-refractivity contribution is 7.99. The van der Waals surface area contributed by atoms with Crippen LogP contribution in [0.4, 0.5) is 4.79 Å². The summed E-state index contributed by atoms with van der Waals surface area (Å²) in [5.74, 6) is 1.12. The van der Waals surface area contributed by atoms with Gasteiger partial charge in [-0.1, -0.05) is 6.92 Å². The molecule has 4 heteroatoms. The molecule has 2 unspecified atom stereocenters. The zero-order valence-corrected chi connectivity index (χ0v) is 9.48. The number of nitrogens with zero attached hydrogens (tertiary/aromatic N) is 1. The molecule has 2 atom stereocenters. The normalized spacial score (nSPS) is 34.1. The van der Waals surface area contributed by atoms with Crippen LogP contribution in [0.3, 0.4) is 0 Å². The van der Waals surface area contributed by atoms with E-state index in [9.17, 15) is 4.79 Å². The van der Waals surface area contributed by atoms with E-state index in [1.54, 1.807) is 0 Å². The summed E-state index contributed by atoms with van der Waals surface area (Å²) >= 11 is 2.00. The van der Waals surface area contributed by atoms with Gasteiger partial charge in [-0.15, -0.1) is 0 Å². The van der Waals surface area contributed by atoms with Crippen LogP contribution in [0, 0.1) is 0 Å². The highest BCUT2D eigenvalue weighted by Crippen LogP contribution is 2.28. The van der Waals surface area contributed by atoms with Crippen molar-refractivity contribution in [3.05, 3.63) is 0 Å². The van der Waals surface area contributed by atoms with E-state index >= 15 is 0 Å². The maximum absolute atomic E-state index is 11.6. The zero-order valence-electron chi connectivity index (χ0n) is 8.66. The number of amides is 2. The molecule has 0 aromatic heterocycles. The Labute approximate surface area is 89.6 Å². The number of carbonyl (C=O) groups excluding carboxylic acids is 1. The largest absolute Gasteiger partial charge is 0.338 e. The molecule has 0 spiro atoms. The highest BCUT2D eigenvalue weighted by Gasteiger charge is 2.28. The van der Waals surface area contributed by atoms with E-state index in [1.807, 2.05) is 16.7 Å². The average molecular weight is 214 g/mol. The molecule has 2 rings (SSSR count). The smallest absolute Gasteiger partial charge is 0.317 e. The Balaban J connectivity index is 1.90. The van der Waals surface area contributed by atoms with Crippen LogP contribution in [-0.2, 0) is 0 Å². The number of thioether (sulfide) groups is 1. The molecule has 0 bridgehead atoms. The predicted octanol–water partition coefficient (Wildman–Crippen LogP) is 1.69. The highest BCUT2D eigenvalue weighted by atomic mass is 32.2. The monoisotopic (exact) mass is 214 g/mol. The van der Waals surface area contributed by atoms with Crippen LogP contribution >= 0.6 is 11.8 Å². The second kappa shape index (κ2) is 4.43. The summed E-state index contributed by atoms with van der Waals surface area (Å²) in [6, 6.07) is 0.632. The van der Waals surface area contributed by atoms with Crippen molar-refractivity contribution in [1.29, 1.82) is 0 Å². The van der Waals surface area contributed by atoms with Crippen LogP contribution < -0.4 is 5.32 Å². The predicted molar refractivity (Wildman–Crippen MR) is 59.7 cm³/mol. The maximum atomic E-state index is 11.6. The molecular formula is C10H18N2OS. The minimum Gasteiger partial charge on any atom is -0.338 e. The van der Waals surface area contributed by atoms with Gasteiger partial charge in [0, 0.05) is 30.1 Å². The summed E-state index contributed by atoms with van der Waals surface area (Å²) in [4.78, 5) is 13.6. The standard InChI is InChI=1S/C10H18N2OS/c1-8-3-4-9(7-14-8)12-6-2-5-11-10(12)13/h8-9H,2-7H2,1H3,(H,11,13). The number of hydrogen-bond acceptors (Lipinski definition) is 2. The lowest BCUT2D eigenvalue weighted by atomic mass is 10.1. The van der Waals surface area contributed by atoms with Crippen LogP contribution in [-0.4, -0.2) is 41.1 Å². The number of nitrogens with one attached hydrogen (secondary N) is 1. The van der Waals surface area contributed by atoms with Crippen molar-refractivity contribution in [2.75, 3.05) is 18.8 Å². The molecule has 80 valence electrons. The van der Waals surface area contributed by atoms with Crippen LogP contribution in [0.2, 0.25) is 0 Å². The maximum Gasteiger partial charge on any atom is 0.317 e. The van der Waals surface area contributed by atoms with Crippen molar-refractivity contribution in [1.82, 2.24) is 10.2 Å². The van der Waals surface area contributed by atoms with Gasteiger partial charge in [-0.05, 0) is 19.3 Å². The molecule has 2 fully saturated rings. The fourth-order valence-electron chi connectivity index (χ4n) is 2.11. The molecule has 0 radical (unpaired) electrons. The number of urea groups is 1. The summed E-state index contributed by atoms with van der Waals surface area (Å²) in [7, 11) is 0. The van der Waals surface area contributed by atoms with Gasteiger partial charge in [-0.25, -0.2) is 4.79 Å². The third-order valence-electron chi connectivity index (χ3n) is 3.03. The van der Waals surface area contributed by atoms with Gasteiger partial charge in [-0.3, -0.25) is 0 Å². The molecule has 2 aliphatic rings. The van der Waals surface area contributed by atoms with E-state index in [2.05, 4.69) is 12.2 Å². The van der Waals surface area contributed by atoms with Crippen LogP contribution in [0.1, 0.15) is 26.2 Å². The molecule has 2 saturated heterocycles. The molecule has 2 heterocycles. The molecule has 2 amide bonds. The van der Waals surface area contributed by atoms with E-state index in [0.717, 1.165) is 30.5 Å². The Bertz CT molecular complexity index is 214. The van der Waals surface area contributed by atoms with Crippen molar-refractivity contribution in [3.63, 3.8) is 0 Å². The number of hydrogen-bond donors (Lipinski definition) is 1. The Morgan fingerprint density at radius 1 is 1.50 bits per heavy atom. The lowest BCUT2D eigenvalue weighted by Crippen LogP contribution is -2.52. The van der Waals surface area contributed by atoms with Crippen molar-refractivity contribution < 1.29 is 4.79 Å². The van der Waals surface area contributed by atoms with Crippen molar-refractivity contribution in [2.45, 2.75) is 37.5 Å². The van der Waals surface area contributed by atoms with Gasteiger partial charge in [0.15, 0.2) is 0 Å². The molecule has 1 N–H and O–H groups in total. The van der Waals surface area contributed by atoms with Crippen LogP contribution in [0.5, 0.6) is 0 Å². The summed E-state index contributed by atoms with van der Waals surface area (Å²) in [5.41, 5.74) is 0. The molecule has 14 heavy (non-hydrogen) atoms. The first-order valence-corrected chi connectivity index (χ1v) is 6.48. The zero-order chi connectivity index (χ0) is 9.97. The molecule has 3 nitrogen and oxygen atoms in total. The second-order valence-corrected chi connectivity index (χ2v) is 5.63. The Morgan fingerprint density at radius 3 is 3.00 bits per heavy atom. The minimum absolute atomic E-state index is 0.149. The second-order valence-electron chi connectivity index (χ2n) is 4.15. The van der Waals surface area contributed by atoms with Gasteiger partial charge in [-0.2, -0.15) is 11.8 Å². The summed E-state index contributed by atoms with van der Waals surface area (Å²) < 4.78 is 0. The first-order valence-electron chi connectivity index (χ1n) is 5.43. The van der Waals surface area contributed by atoms with E-state index in [4.69, 9.17) is 0 Å².